The monoisotopic (exact) mass is 506 g/mol. The van der Waals surface area contributed by atoms with Gasteiger partial charge in [-0.25, -0.2) is 0 Å². The second-order valence-corrected chi connectivity index (χ2v) is 11.6. The number of ether oxygens (including phenoxy) is 1. The molecule has 1 saturated carbocycles. The Morgan fingerprint density at radius 1 is 1.15 bits per heavy atom. The summed E-state index contributed by atoms with van der Waals surface area (Å²) in [6.07, 6.45) is 6.56. The predicted molar refractivity (Wildman–Crippen MR) is 141 cm³/mol. The van der Waals surface area contributed by atoms with Crippen LogP contribution in [0, 0.1) is 5.92 Å². The van der Waals surface area contributed by atoms with Crippen LogP contribution in [0.2, 0.25) is 0 Å². The lowest BCUT2D eigenvalue weighted by Gasteiger charge is -2.26. The van der Waals surface area contributed by atoms with Crippen LogP contribution >= 0.6 is 23.5 Å². The minimum absolute atomic E-state index is 0.0794. The van der Waals surface area contributed by atoms with E-state index < -0.39 is 6.04 Å². The number of carbonyl (C=O) groups excluding carboxylic acids is 2. The predicted octanol–water partition coefficient (Wildman–Crippen LogP) is 2.92. The average Bonchev–Trinajstić information content (AvgIpc) is 3.41. The van der Waals surface area contributed by atoms with Crippen LogP contribution in [0.15, 0.2) is 24.3 Å². The standard InChI is InChI=1S/C25H38N4O3S2/c30-24(22-16-34-18-26-22)28-23(17-33-15-20-4-2-1-3-5-20)25(31)27-21-8-6-19(7-9-21)14-29-10-12-32-13-11-29/h6-9,20,22-23,26H,1-5,10-18H2,(H,27,31)(H,28,30)/t22-,23-/m0/s1. The van der Waals surface area contributed by atoms with Crippen molar-refractivity contribution in [2.45, 2.75) is 50.7 Å². The number of benzene rings is 1. The van der Waals surface area contributed by atoms with Crippen LogP contribution in [-0.4, -0.2) is 78.2 Å². The molecule has 1 aliphatic carbocycles. The number of nitrogens with one attached hydrogen (secondary N) is 3. The molecule has 3 aliphatic rings. The van der Waals surface area contributed by atoms with E-state index in [-0.39, 0.29) is 17.9 Å². The van der Waals surface area contributed by atoms with E-state index in [2.05, 4.69) is 33.0 Å². The molecule has 34 heavy (non-hydrogen) atoms. The molecule has 9 heteroatoms. The smallest absolute Gasteiger partial charge is 0.247 e. The van der Waals surface area contributed by atoms with Gasteiger partial charge < -0.3 is 15.4 Å². The molecule has 7 nitrogen and oxygen atoms in total. The van der Waals surface area contributed by atoms with Gasteiger partial charge in [0.1, 0.15) is 6.04 Å². The molecular formula is C25H38N4O3S2. The molecule has 0 bridgehead atoms. The van der Waals surface area contributed by atoms with Crippen molar-refractivity contribution in [2.75, 3.05) is 54.8 Å². The van der Waals surface area contributed by atoms with Crippen LogP contribution in [0.25, 0.3) is 0 Å². The normalized spacial score (nSPS) is 22.9. The Morgan fingerprint density at radius 3 is 2.62 bits per heavy atom. The number of thioether (sulfide) groups is 2. The van der Waals surface area contributed by atoms with Crippen molar-refractivity contribution in [3.63, 3.8) is 0 Å². The van der Waals surface area contributed by atoms with Gasteiger partial charge in [0.25, 0.3) is 0 Å². The van der Waals surface area contributed by atoms with Gasteiger partial charge in [0.15, 0.2) is 0 Å². The van der Waals surface area contributed by atoms with Crippen LogP contribution in [0.3, 0.4) is 0 Å². The molecule has 1 aromatic carbocycles. The van der Waals surface area contributed by atoms with E-state index in [4.69, 9.17) is 4.74 Å². The molecule has 0 radical (unpaired) electrons. The molecule has 2 amide bonds. The SMILES string of the molecule is O=C(N[C@@H](CSCC1CCCCC1)C(=O)Nc1ccc(CN2CCOCC2)cc1)[C@@H]1CSCN1. The first-order chi connectivity index (χ1) is 16.7. The molecule has 0 spiro atoms. The van der Waals surface area contributed by atoms with Gasteiger partial charge in [0, 0.05) is 42.7 Å². The van der Waals surface area contributed by atoms with Crippen LogP contribution in [0.4, 0.5) is 5.69 Å². The number of nitrogens with zero attached hydrogens (tertiary/aromatic N) is 1. The van der Waals surface area contributed by atoms with E-state index in [0.29, 0.717) is 5.75 Å². The van der Waals surface area contributed by atoms with E-state index in [9.17, 15) is 9.59 Å². The van der Waals surface area contributed by atoms with E-state index >= 15 is 0 Å². The highest BCUT2D eigenvalue weighted by atomic mass is 32.2. The summed E-state index contributed by atoms with van der Waals surface area (Å²) >= 11 is 3.51. The fourth-order valence-electron chi connectivity index (χ4n) is 4.67. The molecule has 188 valence electrons. The highest BCUT2D eigenvalue weighted by Gasteiger charge is 2.28. The van der Waals surface area contributed by atoms with Gasteiger partial charge >= 0.3 is 0 Å². The number of hydrogen-bond donors (Lipinski definition) is 3. The summed E-state index contributed by atoms with van der Waals surface area (Å²) in [4.78, 5) is 28.3. The molecule has 0 unspecified atom stereocenters. The first-order valence-electron chi connectivity index (χ1n) is 12.6. The lowest BCUT2D eigenvalue weighted by molar-refractivity contribution is -0.126. The molecule has 2 aliphatic heterocycles. The van der Waals surface area contributed by atoms with Gasteiger partial charge in [0.05, 0.1) is 19.3 Å². The summed E-state index contributed by atoms with van der Waals surface area (Å²) < 4.78 is 5.42. The van der Waals surface area contributed by atoms with Crippen molar-refractivity contribution in [1.82, 2.24) is 15.5 Å². The summed E-state index contributed by atoms with van der Waals surface area (Å²) in [5.74, 6) is 3.71. The van der Waals surface area contributed by atoms with Crippen LogP contribution in [0.5, 0.6) is 0 Å². The van der Waals surface area contributed by atoms with Crippen molar-refractivity contribution >= 4 is 41.0 Å². The van der Waals surface area contributed by atoms with Crippen molar-refractivity contribution in [3.05, 3.63) is 29.8 Å². The Hall–Kier alpha value is -1.26. The number of rotatable bonds is 10. The summed E-state index contributed by atoms with van der Waals surface area (Å²) in [6.45, 7) is 4.37. The number of morpholine rings is 1. The van der Waals surface area contributed by atoms with Gasteiger partial charge in [-0.15, -0.1) is 11.8 Å². The number of carbonyl (C=O) groups is 2. The summed E-state index contributed by atoms with van der Waals surface area (Å²) in [5.41, 5.74) is 1.99. The second kappa shape index (κ2) is 13.7. The Kier molecular flexibility index (Phi) is 10.4. The summed E-state index contributed by atoms with van der Waals surface area (Å²) in [5, 5.41) is 9.25. The van der Waals surface area contributed by atoms with Gasteiger partial charge in [-0.3, -0.25) is 19.8 Å². The zero-order valence-electron chi connectivity index (χ0n) is 19.9. The topological polar surface area (TPSA) is 82.7 Å². The maximum absolute atomic E-state index is 13.2. The summed E-state index contributed by atoms with van der Waals surface area (Å²) in [6, 6.07) is 7.28. The summed E-state index contributed by atoms with van der Waals surface area (Å²) in [7, 11) is 0. The lowest BCUT2D eigenvalue weighted by Crippen LogP contribution is -2.51. The second-order valence-electron chi connectivity index (χ2n) is 9.45. The van der Waals surface area contributed by atoms with E-state index in [1.807, 2.05) is 12.1 Å². The fraction of sp³-hybridized carbons (Fsp3) is 0.680. The minimum Gasteiger partial charge on any atom is -0.379 e. The Balaban J connectivity index is 1.30. The van der Waals surface area contributed by atoms with Crippen molar-refractivity contribution in [2.24, 2.45) is 5.92 Å². The number of anilines is 1. The molecular weight excluding hydrogens is 468 g/mol. The van der Waals surface area contributed by atoms with Crippen LogP contribution < -0.4 is 16.0 Å². The lowest BCUT2D eigenvalue weighted by atomic mass is 9.91. The van der Waals surface area contributed by atoms with Gasteiger partial charge in [-0.1, -0.05) is 31.4 Å². The Morgan fingerprint density at radius 2 is 1.91 bits per heavy atom. The van der Waals surface area contributed by atoms with Crippen molar-refractivity contribution in [3.8, 4) is 0 Å². The molecule has 3 fully saturated rings. The van der Waals surface area contributed by atoms with Crippen molar-refractivity contribution < 1.29 is 14.3 Å². The van der Waals surface area contributed by atoms with E-state index in [1.165, 1.54) is 37.7 Å². The molecule has 0 aromatic heterocycles. The third kappa shape index (κ3) is 8.16. The van der Waals surface area contributed by atoms with E-state index in [0.717, 1.165) is 61.8 Å². The molecule has 4 rings (SSSR count). The van der Waals surface area contributed by atoms with Gasteiger partial charge in [-0.2, -0.15) is 11.8 Å². The molecule has 1 aromatic rings. The number of amides is 2. The largest absolute Gasteiger partial charge is 0.379 e. The van der Waals surface area contributed by atoms with E-state index in [1.54, 1.807) is 23.5 Å². The Labute approximate surface area is 211 Å². The fourth-order valence-corrected chi connectivity index (χ4v) is 6.88. The third-order valence-electron chi connectivity index (χ3n) is 6.76. The maximum atomic E-state index is 13.2. The Bertz CT molecular complexity index is 777. The highest BCUT2D eigenvalue weighted by molar-refractivity contribution is 7.99. The molecule has 2 heterocycles. The molecule has 2 atom stereocenters. The maximum Gasteiger partial charge on any atom is 0.247 e. The van der Waals surface area contributed by atoms with Gasteiger partial charge in [0.2, 0.25) is 11.8 Å². The number of hydrogen-bond acceptors (Lipinski definition) is 7. The highest BCUT2D eigenvalue weighted by Crippen LogP contribution is 2.27. The third-order valence-corrected chi connectivity index (χ3v) is 8.98. The van der Waals surface area contributed by atoms with Crippen molar-refractivity contribution in [1.29, 1.82) is 0 Å². The minimum atomic E-state index is -0.540. The first-order valence-corrected chi connectivity index (χ1v) is 14.9. The quantitative estimate of drug-likeness (QED) is 0.450. The van der Waals surface area contributed by atoms with Crippen LogP contribution in [0.1, 0.15) is 37.7 Å². The zero-order chi connectivity index (χ0) is 23.6. The van der Waals surface area contributed by atoms with Crippen LogP contribution in [-0.2, 0) is 20.9 Å². The zero-order valence-corrected chi connectivity index (χ0v) is 21.6. The molecule has 2 saturated heterocycles. The van der Waals surface area contributed by atoms with Gasteiger partial charge in [-0.05, 0) is 42.2 Å². The molecule has 3 N–H and O–H groups in total. The average molecular weight is 507 g/mol. The first kappa shape index (κ1) is 25.8.